The topological polar surface area (TPSA) is 56.6 Å². The number of carbonyl (C=O) groups excluding carboxylic acids is 1. The number of anilines is 1. The summed E-state index contributed by atoms with van der Waals surface area (Å²) < 4.78 is 19.2. The summed E-state index contributed by atoms with van der Waals surface area (Å²) in [5, 5.41) is 8.75. The molecule has 0 atom stereocenters. The van der Waals surface area contributed by atoms with Crippen LogP contribution in [0.2, 0.25) is 0 Å². The summed E-state index contributed by atoms with van der Waals surface area (Å²) in [6.07, 6.45) is 2.76. The van der Waals surface area contributed by atoms with Gasteiger partial charge in [-0.1, -0.05) is 0 Å². The van der Waals surface area contributed by atoms with E-state index in [1.165, 1.54) is 11.0 Å². The Morgan fingerprint density at radius 1 is 1.32 bits per heavy atom. The van der Waals surface area contributed by atoms with Gasteiger partial charge < -0.3 is 9.64 Å². The van der Waals surface area contributed by atoms with Crippen molar-refractivity contribution < 1.29 is 13.9 Å². The molecule has 0 radical (unpaired) electrons. The molecule has 0 fully saturated rings. The Morgan fingerprint density at radius 3 is 2.55 bits per heavy atom. The summed E-state index contributed by atoms with van der Waals surface area (Å²) in [7, 11) is 0. The summed E-state index contributed by atoms with van der Waals surface area (Å²) in [6.45, 7) is 6.24. The van der Waals surface area contributed by atoms with E-state index in [4.69, 9.17) is 10.00 Å². The van der Waals surface area contributed by atoms with Crippen LogP contribution in [0.15, 0.2) is 30.6 Å². The van der Waals surface area contributed by atoms with Crippen molar-refractivity contribution in [1.82, 2.24) is 4.90 Å². The lowest BCUT2D eigenvalue weighted by Crippen LogP contribution is -2.41. The quantitative estimate of drug-likeness (QED) is 0.799. The smallest absolute Gasteiger partial charge is 0.414 e. The number of amides is 1. The minimum Gasteiger partial charge on any atom is -0.443 e. The van der Waals surface area contributed by atoms with Crippen LogP contribution in [-0.2, 0) is 4.74 Å². The van der Waals surface area contributed by atoms with Gasteiger partial charge in [0.1, 0.15) is 11.4 Å². The fourth-order valence-electron chi connectivity index (χ4n) is 2.01. The van der Waals surface area contributed by atoms with Crippen molar-refractivity contribution in [3.05, 3.63) is 42.0 Å². The van der Waals surface area contributed by atoms with E-state index < -0.39 is 17.5 Å². The Balaban J connectivity index is 2.09. The Labute approximate surface area is 129 Å². The molecule has 0 bridgehead atoms. The van der Waals surface area contributed by atoms with Gasteiger partial charge in [-0.15, -0.1) is 0 Å². The number of hydrogen-bond donors (Lipinski definition) is 0. The summed E-state index contributed by atoms with van der Waals surface area (Å²) >= 11 is 0. The second-order valence-electron chi connectivity index (χ2n) is 5.94. The van der Waals surface area contributed by atoms with Gasteiger partial charge in [0, 0.05) is 25.5 Å². The van der Waals surface area contributed by atoms with Crippen LogP contribution in [0.4, 0.5) is 14.9 Å². The normalized spacial score (nSPS) is 14.7. The molecule has 1 aromatic carbocycles. The van der Waals surface area contributed by atoms with Crippen LogP contribution in [-0.4, -0.2) is 29.7 Å². The molecule has 1 amide bonds. The van der Waals surface area contributed by atoms with Gasteiger partial charge in [-0.05, 0) is 39.0 Å². The zero-order valence-corrected chi connectivity index (χ0v) is 12.8. The van der Waals surface area contributed by atoms with Crippen LogP contribution >= 0.6 is 0 Å². The SMILES string of the molecule is CC(C)(C)OC(=O)N1C=CN(c2ccc(C#N)cc2F)CC1. The van der Waals surface area contributed by atoms with Crippen LogP contribution in [0.5, 0.6) is 0 Å². The van der Waals surface area contributed by atoms with Gasteiger partial charge in [-0.3, -0.25) is 4.90 Å². The standard InChI is InChI=1S/C16H18FN3O2/c1-16(2,3)22-15(21)20-8-6-19(7-9-20)14-5-4-12(11-18)10-13(14)17/h4-6,8,10H,7,9H2,1-3H3. The summed E-state index contributed by atoms with van der Waals surface area (Å²) in [6, 6.07) is 6.21. The molecular formula is C16H18FN3O2. The van der Waals surface area contributed by atoms with E-state index in [1.54, 1.807) is 50.2 Å². The number of nitrogens with zero attached hydrogens (tertiary/aromatic N) is 3. The van der Waals surface area contributed by atoms with Gasteiger partial charge >= 0.3 is 6.09 Å². The third-order valence-electron chi connectivity index (χ3n) is 3.02. The molecule has 22 heavy (non-hydrogen) atoms. The van der Waals surface area contributed by atoms with Gasteiger partial charge in [0.25, 0.3) is 0 Å². The van der Waals surface area contributed by atoms with E-state index in [-0.39, 0.29) is 5.56 Å². The first-order chi connectivity index (χ1) is 10.3. The summed E-state index contributed by atoms with van der Waals surface area (Å²) in [5.41, 5.74) is 0.0955. The fraction of sp³-hybridized carbons (Fsp3) is 0.375. The molecule has 116 valence electrons. The lowest BCUT2D eigenvalue weighted by atomic mass is 10.2. The third kappa shape index (κ3) is 3.76. The maximum Gasteiger partial charge on any atom is 0.414 e. The molecule has 1 aromatic rings. The van der Waals surface area contributed by atoms with E-state index in [0.717, 1.165) is 0 Å². The van der Waals surface area contributed by atoms with E-state index >= 15 is 0 Å². The monoisotopic (exact) mass is 303 g/mol. The predicted octanol–water partition coefficient (Wildman–Crippen LogP) is 3.23. The molecule has 0 aliphatic carbocycles. The minimum atomic E-state index is -0.554. The third-order valence-corrected chi connectivity index (χ3v) is 3.02. The molecule has 1 aliphatic heterocycles. The number of halogens is 1. The number of nitriles is 1. The highest BCUT2D eigenvalue weighted by molar-refractivity contribution is 5.70. The Bertz CT molecular complexity index is 644. The van der Waals surface area contributed by atoms with E-state index in [9.17, 15) is 9.18 Å². The van der Waals surface area contributed by atoms with Gasteiger partial charge in [-0.2, -0.15) is 5.26 Å². The molecule has 0 spiro atoms. The Hall–Kier alpha value is -2.55. The number of benzene rings is 1. The Morgan fingerprint density at radius 2 is 2.05 bits per heavy atom. The molecule has 0 saturated heterocycles. The molecule has 2 rings (SSSR count). The van der Waals surface area contributed by atoms with Crippen LogP contribution in [0.1, 0.15) is 26.3 Å². The van der Waals surface area contributed by atoms with Crippen molar-refractivity contribution in [2.45, 2.75) is 26.4 Å². The second kappa shape index (κ2) is 6.06. The van der Waals surface area contributed by atoms with E-state index in [1.807, 2.05) is 6.07 Å². The number of rotatable bonds is 1. The molecule has 0 aromatic heterocycles. The Kier molecular flexibility index (Phi) is 4.36. The summed E-state index contributed by atoms with van der Waals surface area (Å²) in [5.74, 6) is -0.464. The van der Waals surface area contributed by atoms with E-state index in [0.29, 0.717) is 18.8 Å². The van der Waals surface area contributed by atoms with Gasteiger partial charge in [0.05, 0.1) is 17.3 Å². The number of ether oxygens (including phenoxy) is 1. The molecule has 0 unspecified atom stereocenters. The lowest BCUT2D eigenvalue weighted by Gasteiger charge is -2.31. The van der Waals surface area contributed by atoms with Crippen molar-refractivity contribution >= 4 is 11.8 Å². The van der Waals surface area contributed by atoms with Gasteiger partial charge in [-0.25, -0.2) is 9.18 Å². The van der Waals surface area contributed by atoms with Crippen molar-refractivity contribution in [2.75, 3.05) is 18.0 Å². The van der Waals surface area contributed by atoms with Crippen LogP contribution in [0, 0.1) is 17.1 Å². The molecule has 0 N–H and O–H groups in total. The van der Waals surface area contributed by atoms with Crippen molar-refractivity contribution in [3.63, 3.8) is 0 Å². The van der Waals surface area contributed by atoms with Crippen molar-refractivity contribution in [1.29, 1.82) is 5.26 Å². The van der Waals surface area contributed by atoms with Gasteiger partial charge in [0.15, 0.2) is 0 Å². The molecule has 5 nitrogen and oxygen atoms in total. The second-order valence-corrected chi connectivity index (χ2v) is 5.94. The molecule has 6 heteroatoms. The zero-order valence-electron chi connectivity index (χ0n) is 12.8. The predicted molar refractivity (Wildman–Crippen MR) is 80.5 cm³/mol. The highest BCUT2D eigenvalue weighted by Crippen LogP contribution is 2.23. The van der Waals surface area contributed by atoms with Crippen LogP contribution in [0.3, 0.4) is 0 Å². The average molecular weight is 303 g/mol. The highest BCUT2D eigenvalue weighted by atomic mass is 19.1. The first kappa shape index (κ1) is 15.8. The van der Waals surface area contributed by atoms with E-state index in [2.05, 4.69) is 0 Å². The number of hydrogen-bond acceptors (Lipinski definition) is 4. The van der Waals surface area contributed by atoms with Crippen LogP contribution < -0.4 is 4.90 Å². The maximum absolute atomic E-state index is 14.0. The zero-order chi connectivity index (χ0) is 16.3. The largest absolute Gasteiger partial charge is 0.443 e. The lowest BCUT2D eigenvalue weighted by molar-refractivity contribution is 0.0334. The van der Waals surface area contributed by atoms with Crippen LogP contribution in [0.25, 0.3) is 0 Å². The van der Waals surface area contributed by atoms with Gasteiger partial charge in [0.2, 0.25) is 0 Å². The fourth-order valence-corrected chi connectivity index (χ4v) is 2.01. The minimum absolute atomic E-state index is 0.276. The molecule has 0 saturated carbocycles. The van der Waals surface area contributed by atoms with Crippen molar-refractivity contribution in [2.24, 2.45) is 0 Å². The highest BCUT2D eigenvalue weighted by Gasteiger charge is 2.23. The maximum atomic E-state index is 14.0. The molecular weight excluding hydrogens is 285 g/mol. The first-order valence-electron chi connectivity index (χ1n) is 6.94. The first-order valence-corrected chi connectivity index (χ1v) is 6.94. The molecule has 1 heterocycles. The summed E-state index contributed by atoms with van der Waals surface area (Å²) in [4.78, 5) is 15.1. The van der Waals surface area contributed by atoms with Crippen molar-refractivity contribution in [3.8, 4) is 6.07 Å². The molecule has 1 aliphatic rings. The number of carbonyl (C=O) groups is 1. The average Bonchev–Trinajstić information content (AvgIpc) is 2.45.